The molecule has 2 saturated heterocycles. The van der Waals surface area contributed by atoms with Gasteiger partial charge in [-0.3, -0.25) is 0 Å². The second-order valence-electron chi connectivity index (χ2n) is 4.85. The van der Waals surface area contributed by atoms with E-state index in [1.165, 1.54) is 25.7 Å². The van der Waals surface area contributed by atoms with Crippen molar-refractivity contribution in [3.8, 4) is 0 Å². The van der Waals surface area contributed by atoms with Gasteiger partial charge in [0.25, 0.3) is 0 Å². The van der Waals surface area contributed by atoms with E-state index in [4.69, 9.17) is 0 Å². The average molecular weight is 167 g/mol. The van der Waals surface area contributed by atoms with Crippen molar-refractivity contribution in [2.24, 2.45) is 11.8 Å². The predicted molar refractivity (Wildman–Crippen MR) is 52.1 cm³/mol. The van der Waals surface area contributed by atoms with Gasteiger partial charge in [-0.15, -0.1) is 0 Å². The standard InChI is InChI=1S/C11H21N/c1-4-9-6-10-5-8(2)11(7-9)12(10)3/h8-11H,4-7H2,1-3H3. The highest BCUT2D eigenvalue weighted by Gasteiger charge is 2.41. The number of fused-ring (bicyclic) bond motifs is 2. The van der Waals surface area contributed by atoms with Gasteiger partial charge in [0.15, 0.2) is 0 Å². The maximum Gasteiger partial charge on any atom is 0.0124 e. The van der Waals surface area contributed by atoms with Crippen molar-refractivity contribution in [2.45, 2.75) is 51.6 Å². The number of nitrogens with zero attached hydrogens (tertiary/aromatic N) is 1. The zero-order chi connectivity index (χ0) is 8.72. The topological polar surface area (TPSA) is 3.24 Å². The van der Waals surface area contributed by atoms with Gasteiger partial charge in [-0.05, 0) is 38.1 Å². The fourth-order valence-electron chi connectivity index (χ4n) is 3.24. The molecular formula is C11H21N. The Bertz CT molecular complexity index is 166. The third-order valence-corrected chi connectivity index (χ3v) is 4.16. The molecule has 2 rings (SSSR count). The molecule has 2 heterocycles. The first-order valence-corrected chi connectivity index (χ1v) is 5.44. The summed E-state index contributed by atoms with van der Waals surface area (Å²) >= 11 is 0. The SMILES string of the molecule is CCC1CC2CC(C)C(C1)N2C. The van der Waals surface area contributed by atoms with Gasteiger partial charge in [-0.25, -0.2) is 0 Å². The van der Waals surface area contributed by atoms with Crippen LogP contribution in [-0.2, 0) is 0 Å². The molecular weight excluding hydrogens is 146 g/mol. The van der Waals surface area contributed by atoms with Crippen LogP contribution in [0.15, 0.2) is 0 Å². The highest BCUT2D eigenvalue weighted by atomic mass is 15.2. The van der Waals surface area contributed by atoms with Crippen LogP contribution in [0, 0.1) is 11.8 Å². The van der Waals surface area contributed by atoms with Crippen molar-refractivity contribution in [1.82, 2.24) is 4.90 Å². The van der Waals surface area contributed by atoms with E-state index >= 15 is 0 Å². The first-order valence-electron chi connectivity index (χ1n) is 5.44. The number of piperidine rings is 1. The van der Waals surface area contributed by atoms with Crippen molar-refractivity contribution in [1.29, 1.82) is 0 Å². The molecule has 2 fully saturated rings. The first kappa shape index (κ1) is 8.55. The molecule has 0 radical (unpaired) electrons. The number of rotatable bonds is 1. The molecule has 2 bridgehead atoms. The Balaban J connectivity index is 2.08. The van der Waals surface area contributed by atoms with Crippen molar-refractivity contribution in [3.05, 3.63) is 0 Å². The molecule has 0 saturated carbocycles. The Hall–Kier alpha value is -0.0400. The number of hydrogen-bond donors (Lipinski definition) is 0. The third-order valence-electron chi connectivity index (χ3n) is 4.16. The highest BCUT2D eigenvalue weighted by molar-refractivity contribution is 4.96. The molecule has 0 amide bonds. The fraction of sp³-hybridized carbons (Fsp3) is 1.00. The molecule has 0 N–H and O–H groups in total. The lowest BCUT2D eigenvalue weighted by molar-refractivity contribution is 0.123. The summed E-state index contributed by atoms with van der Waals surface area (Å²) in [5.74, 6) is 1.98. The molecule has 2 aliphatic rings. The Morgan fingerprint density at radius 1 is 1.25 bits per heavy atom. The fourth-order valence-corrected chi connectivity index (χ4v) is 3.24. The van der Waals surface area contributed by atoms with Crippen LogP contribution in [0.2, 0.25) is 0 Å². The van der Waals surface area contributed by atoms with Crippen molar-refractivity contribution in [3.63, 3.8) is 0 Å². The summed E-state index contributed by atoms with van der Waals surface area (Å²) in [5, 5.41) is 0. The van der Waals surface area contributed by atoms with E-state index in [2.05, 4.69) is 25.8 Å². The molecule has 4 unspecified atom stereocenters. The molecule has 12 heavy (non-hydrogen) atoms. The zero-order valence-corrected chi connectivity index (χ0v) is 8.59. The average Bonchev–Trinajstić information content (AvgIpc) is 2.24. The van der Waals surface area contributed by atoms with Crippen LogP contribution < -0.4 is 0 Å². The van der Waals surface area contributed by atoms with Crippen LogP contribution in [0.4, 0.5) is 0 Å². The molecule has 1 nitrogen and oxygen atoms in total. The molecule has 0 aromatic rings. The van der Waals surface area contributed by atoms with E-state index in [9.17, 15) is 0 Å². The van der Waals surface area contributed by atoms with Gasteiger partial charge in [0.05, 0.1) is 0 Å². The van der Waals surface area contributed by atoms with Gasteiger partial charge in [0.2, 0.25) is 0 Å². The summed E-state index contributed by atoms with van der Waals surface area (Å²) in [6.07, 6.45) is 5.78. The van der Waals surface area contributed by atoms with Crippen LogP contribution in [0.3, 0.4) is 0 Å². The largest absolute Gasteiger partial charge is 0.300 e. The number of hydrogen-bond acceptors (Lipinski definition) is 1. The van der Waals surface area contributed by atoms with E-state index in [-0.39, 0.29) is 0 Å². The zero-order valence-electron chi connectivity index (χ0n) is 8.59. The van der Waals surface area contributed by atoms with Crippen molar-refractivity contribution < 1.29 is 0 Å². The molecule has 0 aromatic heterocycles. The van der Waals surface area contributed by atoms with Crippen molar-refractivity contribution in [2.75, 3.05) is 7.05 Å². The summed E-state index contributed by atoms with van der Waals surface area (Å²) in [6, 6.07) is 1.83. The summed E-state index contributed by atoms with van der Waals surface area (Å²) in [6.45, 7) is 4.78. The van der Waals surface area contributed by atoms with E-state index in [1.54, 1.807) is 0 Å². The molecule has 4 atom stereocenters. The van der Waals surface area contributed by atoms with Crippen LogP contribution in [-0.4, -0.2) is 24.0 Å². The maximum absolute atomic E-state index is 2.64. The summed E-state index contributed by atoms with van der Waals surface area (Å²) < 4.78 is 0. The van der Waals surface area contributed by atoms with Crippen LogP contribution in [0.25, 0.3) is 0 Å². The Morgan fingerprint density at radius 3 is 2.58 bits per heavy atom. The lowest BCUT2D eigenvalue weighted by atomic mass is 9.88. The Morgan fingerprint density at radius 2 is 2.00 bits per heavy atom. The van der Waals surface area contributed by atoms with Gasteiger partial charge >= 0.3 is 0 Å². The van der Waals surface area contributed by atoms with Gasteiger partial charge < -0.3 is 4.90 Å². The van der Waals surface area contributed by atoms with E-state index < -0.39 is 0 Å². The normalized spacial score (nSPS) is 48.2. The second kappa shape index (κ2) is 3.02. The quantitative estimate of drug-likeness (QED) is 0.580. The summed E-state index contributed by atoms with van der Waals surface area (Å²) in [5.41, 5.74) is 0. The van der Waals surface area contributed by atoms with Gasteiger partial charge in [-0.2, -0.15) is 0 Å². The predicted octanol–water partition coefficient (Wildman–Crippen LogP) is 2.52. The molecule has 0 aromatic carbocycles. The Labute approximate surface area is 76.1 Å². The summed E-state index contributed by atoms with van der Waals surface area (Å²) in [7, 11) is 2.32. The lowest BCUT2D eigenvalue weighted by Gasteiger charge is -2.36. The van der Waals surface area contributed by atoms with E-state index in [1.807, 2.05) is 0 Å². The van der Waals surface area contributed by atoms with Crippen LogP contribution in [0.1, 0.15) is 39.5 Å². The monoisotopic (exact) mass is 167 g/mol. The lowest BCUT2D eigenvalue weighted by Crippen LogP contribution is -2.40. The second-order valence-corrected chi connectivity index (χ2v) is 4.85. The first-order chi connectivity index (χ1) is 5.72. The minimum Gasteiger partial charge on any atom is -0.300 e. The molecule has 1 heteroatoms. The molecule has 0 spiro atoms. The van der Waals surface area contributed by atoms with E-state index in [0.29, 0.717) is 0 Å². The summed E-state index contributed by atoms with van der Waals surface area (Å²) in [4.78, 5) is 2.64. The van der Waals surface area contributed by atoms with Gasteiger partial charge in [0, 0.05) is 12.1 Å². The van der Waals surface area contributed by atoms with Crippen LogP contribution >= 0.6 is 0 Å². The van der Waals surface area contributed by atoms with Crippen molar-refractivity contribution >= 4 is 0 Å². The smallest absolute Gasteiger partial charge is 0.0124 e. The highest BCUT2D eigenvalue weighted by Crippen LogP contribution is 2.41. The van der Waals surface area contributed by atoms with Gasteiger partial charge in [-0.1, -0.05) is 20.3 Å². The van der Waals surface area contributed by atoms with Crippen LogP contribution in [0.5, 0.6) is 0 Å². The molecule has 0 aliphatic carbocycles. The van der Waals surface area contributed by atoms with Gasteiger partial charge in [0.1, 0.15) is 0 Å². The third kappa shape index (κ3) is 1.19. The molecule has 70 valence electrons. The minimum atomic E-state index is 0.911. The minimum absolute atomic E-state index is 0.911. The maximum atomic E-state index is 2.64. The van der Waals surface area contributed by atoms with E-state index in [0.717, 1.165) is 23.9 Å². The Kier molecular flexibility index (Phi) is 2.16. The molecule has 2 aliphatic heterocycles.